The Bertz CT molecular complexity index is 1260. The molecule has 0 saturated carbocycles. The average Bonchev–Trinajstić information content (AvgIpc) is 2.75. The molecule has 0 bridgehead atoms. The third kappa shape index (κ3) is 5.66. The first-order valence-electron chi connectivity index (χ1n) is 9.67. The second kappa shape index (κ2) is 9.84. The molecule has 0 saturated heterocycles. The van der Waals surface area contributed by atoms with Gasteiger partial charge in [0.2, 0.25) is 0 Å². The van der Waals surface area contributed by atoms with Crippen molar-refractivity contribution in [2.24, 2.45) is 0 Å². The number of hydrogen-bond acceptors (Lipinski definition) is 5. The van der Waals surface area contributed by atoms with Crippen LogP contribution >= 0.6 is 11.6 Å². The largest absolute Gasteiger partial charge is 0.462 e. The molecule has 32 heavy (non-hydrogen) atoms. The zero-order valence-electron chi connectivity index (χ0n) is 17.4. The summed E-state index contributed by atoms with van der Waals surface area (Å²) < 4.78 is 32.7. The summed E-state index contributed by atoms with van der Waals surface area (Å²) in [5, 5.41) is 2.80. The fourth-order valence-electron chi connectivity index (χ4n) is 2.83. The Labute approximate surface area is 191 Å². The zero-order chi connectivity index (χ0) is 23.3. The number of halogens is 1. The molecule has 7 nitrogen and oxygen atoms in total. The summed E-state index contributed by atoms with van der Waals surface area (Å²) in [5.41, 5.74) is 1.83. The maximum atomic E-state index is 12.8. The van der Waals surface area contributed by atoms with Crippen LogP contribution in [-0.4, -0.2) is 26.9 Å². The molecule has 0 aliphatic rings. The van der Waals surface area contributed by atoms with E-state index in [9.17, 15) is 18.0 Å². The van der Waals surface area contributed by atoms with Crippen molar-refractivity contribution in [1.29, 1.82) is 0 Å². The van der Waals surface area contributed by atoms with E-state index >= 15 is 0 Å². The van der Waals surface area contributed by atoms with Gasteiger partial charge in [-0.05, 0) is 62.4 Å². The Morgan fingerprint density at radius 3 is 2.38 bits per heavy atom. The summed E-state index contributed by atoms with van der Waals surface area (Å²) in [5.74, 6) is -1.07. The molecule has 0 aliphatic carbocycles. The van der Waals surface area contributed by atoms with Gasteiger partial charge in [0.15, 0.2) is 0 Å². The highest BCUT2D eigenvalue weighted by Gasteiger charge is 2.17. The second-order valence-electron chi connectivity index (χ2n) is 6.87. The minimum absolute atomic E-state index is 0.0670. The SMILES string of the molecule is CCOC(=O)c1cccc(NC(=O)c2cc(NS(=O)(=O)c3ccc(C)cc3)ccc2Cl)c1. The predicted molar refractivity (Wildman–Crippen MR) is 124 cm³/mol. The van der Waals surface area contributed by atoms with Gasteiger partial charge in [0, 0.05) is 11.4 Å². The van der Waals surface area contributed by atoms with E-state index in [1.165, 1.54) is 36.4 Å². The number of aryl methyl sites for hydroxylation is 1. The van der Waals surface area contributed by atoms with E-state index in [0.717, 1.165) is 5.56 Å². The number of carbonyl (C=O) groups excluding carboxylic acids is 2. The number of nitrogens with one attached hydrogen (secondary N) is 2. The van der Waals surface area contributed by atoms with Crippen molar-refractivity contribution in [3.05, 3.63) is 88.4 Å². The van der Waals surface area contributed by atoms with Crippen LogP contribution in [0.4, 0.5) is 11.4 Å². The number of benzene rings is 3. The molecule has 0 heterocycles. The first kappa shape index (κ1) is 23.3. The molecule has 0 aromatic heterocycles. The van der Waals surface area contributed by atoms with Crippen molar-refractivity contribution in [3.63, 3.8) is 0 Å². The van der Waals surface area contributed by atoms with Crippen molar-refractivity contribution in [2.75, 3.05) is 16.6 Å². The molecular weight excluding hydrogens is 452 g/mol. The van der Waals surface area contributed by atoms with Gasteiger partial charge in [-0.25, -0.2) is 13.2 Å². The minimum atomic E-state index is -3.84. The number of hydrogen-bond donors (Lipinski definition) is 2. The quantitative estimate of drug-likeness (QED) is 0.477. The van der Waals surface area contributed by atoms with E-state index in [1.807, 2.05) is 6.92 Å². The van der Waals surface area contributed by atoms with Crippen molar-refractivity contribution in [3.8, 4) is 0 Å². The first-order chi connectivity index (χ1) is 15.2. The third-order valence-corrected chi connectivity index (χ3v) is 6.15. The smallest absolute Gasteiger partial charge is 0.338 e. The summed E-state index contributed by atoms with van der Waals surface area (Å²) >= 11 is 6.17. The Morgan fingerprint density at radius 1 is 0.969 bits per heavy atom. The van der Waals surface area contributed by atoms with Gasteiger partial charge in [0.1, 0.15) is 0 Å². The van der Waals surface area contributed by atoms with Crippen molar-refractivity contribution in [1.82, 2.24) is 0 Å². The Hall–Kier alpha value is -3.36. The molecule has 0 aliphatic heterocycles. The lowest BCUT2D eigenvalue weighted by molar-refractivity contribution is 0.0526. The topological polar surface area (TPSA) is 102 Å². The molecule has 0 spiro atoms. The molecule has 0 unspecified atom stereocenters. The van der Waals surface area contributed by atoms with Crippen LogP contribution in [0.15, 0.2) is 71.6 Å². The van der Waals surface area contributed by atoms with Gasteiger partial charge >= 0.3 is 5.97 Å². The van der Waals surface area contributed by atoms with Gasteiger partial charge < -0.3 is 10.1 Å². The fraction of sp³-hybridized carbons (Fsp3) is 0.130. The van der Waals surface area contributed by atoms with Gasteiger partial charge in [-0.3, -0.25) is 9.52 Å². The van der Waals surface area contributed by atoms with Gasteiger partial charge in [-0.2, -0.15) is 0 Å². The second-order valence-corrected chi connectivity index (χ2v) is 8.96. The van der Waals surface area contributed by atoms with Crippen LogP contribution in [0.5, 0.6) is 0 Å². The maximum absolute atomic E-state index is 12.8. The van der Waals surface area contributed by atoms with E-state index in [1.54, 1.807) is 37.3 Å². The molecule has 3 aromatic carbocycles. The van der Waals surface area contributed by atoms with E-state index in [0.29, 0.717) is 5.69 Å². The fourth-order valence-corrected chi connectivity index (χ4v) is 4.08. The predicted octanol–water partition coefficient (Wildman–Crippen LogP) is 4.88. The van der Waals surface area contributed by atoms with Gasteiger partial charge in [0.05, 0.1) is 27.7 Å². The Balaban J connectivity index is 1.81. The van der Waals surface area contributed by atoms with Crippen LogP contribution in [0.25, 0.3) is 0 Å². The summed E-state index contributed by atoms with van der Waals surface area (Å²) in [4.78, 5) is 24.8. The van der Waals surface area contributed by atoms with E-state index < -0.39 is 21.9 Å². The monoisotopic (exact) mass is 472 g/mol. The van der Waals surface area contributed by atoms with Gasteiger partial charge in [-0.15, -0.1) is 0 Å². The molecule has 166 valence electrons. The normalized spacial score (nSPS) is 11.0. The Kier molecular flexibility index (Phi) is 7.17. The Morgan fingerprint density at radius 2 is 1.69 bits per heavy atom. The van der Waals surface area contributed by atoms with Crippen molar-refractivity contribution >= 4 is 44.9 Å². The van der Waals surface area contributed by atoms with Crippen LogP contribution in [0.1, 0.15) is 33.2 Å². The summed E-state index contributed by atoms with van der Waals surface area (Å²) in [7, 11) is -3.84. The van der Waals surface area contributed by atoms with Gasteiger partial charge in [-0.1, -0.05) is 35.4 Å². The molecule has 3 aromatic rings. The first-order valence-corrected chi connectivity index (χ1v) is 11.5. The van der Waals surface area contributed by atoms with Crippen LogP contribution in [0.2, 0.25) is 5.02 Å². The van der Waals surface area contributed by atoms with Gasteiger partial charge in [0.25, 0.3) is 15.9 Å². The highest BCUT2D eigenvalue weighted by Crippen LogP contribution is 2.24. The summed E-state index contributed by atoms with van der Waals surface area (Å²) in [6.07, 6.45) is 0. The lowest BCUT2D eigenvalue weighted by Gasteiger charge is -2.12. The summed E-state index contributed by atoms with van der Waals surface area (Å²) in [6.45, 7) is 3.79. The molecule has 0 radical (unpaired) electrons. The number of sulfonamides is 1. The number of esters is 1. The van der Waals surface area contributed by atoms with Crippen LogP contribution in [-0.2, 0) is 14.8 Å². The molecular formula is C23H21ClN2O5S. The molecule has 0 atom stereocenters. The van der Waals surface area contributed by atoms with Crippen molar-refractivity contribution in [2.45, 2.75) is 18.7 Å². The molecule has 3 rings (SSSR count). The van der Waals surface area contributed by atoms with Crippen LogP contribution in [0, 0.1) is 6.92 Å². The summed E-state index contributed by atoms with van der Waals surface area (Å²) in [6, 6.07) is 16.9. The molecule has 0 fully saturated rings. The number of carbonyl (C=O) groups is 2. The lowest BCUT2D eigenvalue weighted by atomic mass is 10.1. The maximum Gasteiger partial charge on any atom is 0.338 e. The molecule has 9 heteroatoms. The van der Waals surface area contributed by atoms with Crippen LogP contribution < -0.4 is 10.0 Å². The number of ether oxygens (including phenoxy) is 1. The lowest BCUT2D eigenvalue weighted by Crippen LogP contribution is -2.16. The molecule has 1 amide bonds. The van der Waals surface area contributed by atoms with E-state index in [2.05, 4.69) is 10.0 Å². The van der Waals surface area contributed by atoms with Crippen molar-refractivity contribution < 1.29 is 22.7 Å². The van der Waals surface area contributed by atoms with E-state index in [4.69, 9.17) is 16.3 Å². The number of amides is 1. The average molecular weight is 473 g/mol. The van der Waals surface area contributed by atoms with Crippen LogP contribution in [0.3, 0.4) is 0 Å². The third-order valence-electron chi connectivity index (χ3n) is 4.43. The highest BCUT2D eigenvalue weighted by molar-refractivity contribution is 7.92. The standard InChI is InChI=1S/C23H21ClN2O5S/c1-3-31-23(28)16-5-4-6-17(13-16)25-22(27)20-14-18(9-12-21(20)24)26-32(29,30)19-10-7-15(2)8-11-19/h4-14,26H,3H2,1-2H3,(H,25,27). The highest BCUT2D eigenvalue weighted by atomic mass is 35.5. The molecule has 2 N–H and O–H groups in total. The van der Waals surface area contributed by atoms with E-state index in [-0.39, 0.29) is 33.3 Å². The zero-order valence-corrected chi connectivity index (χ0v) is 19.0. The number of rotatable bonds is 7. The minimum Gasteiger partial charge on any atom is -0.462 e. The number of anilines is 2.